The molecule has 6 nitrogen and oxygen atoms in total. The molecule has 1 unspecified atom stereocenters. The Morgan fingerprint density at radius 2 is 1.72 bits per heavy atom. The lowest BCUT2D eigenvalue weighted by Gasteiger charge is -2.16. The average molecular weight is 399 g/mol. The number of hydrogen-bond acceptors (Lipinski definition) is 5. The summed E-state index contributed by atoms with van der Waals surface area (Å²) in [5, 5.41) is 9.75. The van der Waals surface area contributed by atoms with E-state index in [-0.39, 0.29) is 0 Å². The van der Waals surface area contributed by atoms with E-state index < -0.39 is 11.9 Å². The summed E-state index contributed by atoms with van der Waals surface area (Å²) in [7, 11) is 3.10. The molecule has 1 N–H and O–H groups in total. The van der Waals surface area contributed by atoms with Crippen LogP contribution in [0.3, 0.4) is 0 Å². The van der Waals surface area contributed by atoms with Crippen LogP contribution in [-0.4, -0.2) is 56.4 Å². The van der Waals surface area contributed by atoms with E-state index in [1.165, 1.54) is 12.8 Å². The van der Waals surface area contributed by atoms with Gasteiger partial charge in [-0.05, 0) is 67.7 Å². The minimum absolute atomic E-state index is 0.388. The quantitative estimate of drug-likeness (QED) is 0.659. The molecule has 0 amide bonds. The van der Waals surface area contributed by atoms with Crippen LogP contribution in [0.2, 0.25) is 0 Å². The van der Waals surface area contributed by atoms with Gasteiger partial charge in [-0.3, -0.25) is 9.69 Å². The summed E-state index contributed by atoms with van der Waals surface area (Å²) in [5.41, 5.74) is 1.63. The number of methoxy groups -OCH3 is 2. The first-order chi connectivity index (χ1) is 14.1. The van der Waals surface area contributed by atoms with Crippen molar-refractivity contribution in [2.24, 2.45) is 0 Å². The molecule has 0 bridgehead atoms. The van der Waals surface area contributed by atoms with Crippen LogP contribution >= 0.6 is 0 Å². The minimum Gasteiger partial charge on any atom is -0.493 e. The van der Waals surface area contributed by atoms with Gasteiger partial charge in [-0.1, -0.05) is 18.2 Å². The standard InChI is InChI=1S/C23H29NO5/c1-27-21-10-7-18(16-22(21)28-2)20(23(25)26)15-17-5-8-19(9-6-17)29-14-13-24-11-3-4-12-24/h5-10,16,20H,3-4,11-15H2,1-2H3,(H,25,26). The Morgan fingerprint density at radius 3 is 2.34 bits per heavy atom. The molecular weight excluding hydrogens is 370 g/mol. The molecule has 1 saturated heterocycles. The van der Waals surface area contributed by atoms with Gasteiger partial charge in [0, 0.05) is 6.54 Å². The van der Waals surface area contributed by atoms with Crippen LogP contribution in [0.25, 0.3) is 0 Å². The summed E-state index contributed by atoms with van der Waals surface area (Å²) in [5.74, 6) is 0.375. The number of rotatable bonds is 10. The summed E-state index contributed by atoms with van der Waals surface area (Å²) in [4.78, 5) is 14.3. The zero-order valence-corrected chi connectivity index (χ0v) is 17.1. The highest BCUT2D eigenvalue weighted by molar-refractivity contribution is 5.77. The fourth-order valence-corrected chi connectivity index (χ4v) is 3.67. The highest BCUT2D eigenvalue weighted by atomic mass is 16.5. The van der Waals surface area contributed by atoms with Gasteiger partial charge < -0.3 is 19.3 Å². The third kappa shape index (κ3) is 5.64. The van der Waals surface area contributed by atoms with Gasteiger partial charge in [0.05, 0.1) is 20.1 Å². The van der Waals surface area contributed by atoms with Crippen molar-refractivity contribution in [1.82, 2.24) is 4.90 Å². The zero-order chi connectivity index (χ0) is 20.6. The molecule has 3 rings (SSSR count). The van der Waals surface area contributed by atoms with Gasteiger partial charge >= 0.3 is 5.97 Å². The van der Waals surface area contributed by atoms with E-state index in [0.29, 0.717) is 30.1 Å². The van der Waals surface area contributed by atoms with E-state index in [4.69, 9.17) is 14.2 Å². The third-order valence-corrected chi connectivity index (χ3v) is 5.35. The SMILES string of the molecule is COc1ccc(C(Cc2ccc(OCCN3CCCC3)cc2)C(=O)O)cc1OC. The number of benzene rings is 2. The molecule has 1 aliphatic heterocycles. The topological polar surface area (TPSA) is 68.2 Å². The molecule has 29 heavy (non-hydrogen) atoms. The van der Waals surface area contributed by atoms with Crippen LogP contribution in [0.15, 0.2) is 42.5 Å². The second-order valence-corrected chi connectivity index (χ2v) is 7.25. The largest absolute Gasteiger partial charge is 0.493 e. The monoisotopic (exact) mass is 399 g/mol. The molecule has 2 aromatic rings. The molecule has 0 radical (unpaired) electrons. The maximum Gasteiger partial charge on any atom is 0.311 e. The Kier molecular flexibility index (Phi) is 7.36. The normalized spacial score (nSPS) is 15.1. The number of likely N-dealkylation sites (tertiary alicyclic amines) is 1. The van der Waals surface area contributed by atoms with Crippen LogP contribution in [0.1, 0.15) is 29.9 Å². The van der Waals surface area contributed by atoms with Gasteiger partial charge in [0.2, 0.25) is 0 Å². The Bertz CT molecular complexity index is 799. The number of hydrogen-bond donors (Lipinski definition) is 1. The van der Waals surface area contributed by atoms with Gasteiger partial charge in [-0.25, -0.2) is 0 Å². The summed E-state index contributed by atoms with van der Waals surface area (Å²) in [6.07, 6.45) is 2.94. The number of nitrogens with zero attached hydrogens (tertiary/aromatic N) is 1. The lowest BCUT2D eigenvalue weighted by molar-refractivity contribution is -0.138. The molecule has 1 aliphatic rings. The van der Waals surface area contributed by atoms with Crippen LogP contribution in [0.5, 0.6) is 17.2 Å². The molecule has 0 saturated carbocycles. The van der Waals surface area contributed by atoms with Crippen molar-refractivity contribution in [3.8, 4) is 17.2 Å². The number of carboxylic acids is 1. The number of carbonyl (C=O) groups is 1. The molecule has 0 aromatic heterocycles. The third-order valence-electron chi connectivity index (χ3n) is 5.35. The van der Waals surface area contributed by atoms with Crippen molar-refractivity contribution in [1.29, 1.82) is 0 Å². The van der Waals surface area contributed by atoms with Crippen LogP contribution < -0.4 is 14.2 Å². The zero-order valence-electron chi connectivity index (χ0n) is 17.1. The first-order valence-electron chi connectivity index (χ1n) is 9.99. The molecule has 2 aromatic carbocycles. The Hall–Kier alpha value is -2.73. The van der Waals surface area contributed by atoms with Gasteiger partial charge in [0.15, 0.2) is 11.5 Å². The Morgan fingerprint density at radius 1 is 1.03 bits per heavy atom. The van der Waals surface area contributed by atoms with Crippen molar-refractivity contribution < 1.29 is 24.1 Å². The van der Waals surface area contributed by atoms with Crippen LogP contribution in [-0.2, 0) is 11.2 Å². The van der Waals surface area contributed by atoms with Crippen molar-refractivity contribution in [3.63, 3.8) is 0 Å². The maximum atomic E-state index is 11.9. The van der Waals surface area contributed by atoms with E-state index in [9.17, 15) is 9.90 Å². The van der Waals surface area contributed by atoms with Crippen LogP contribution in [0, 0.1) is 0 Å². The van der Waals surface area contributed by atoms with E-state index in [0.717, 1.165) is 30.9 Å². The summed E-state index contributed by atoms with van der Waals surface area (Å²) in [6.45, 7) is 3.94. The minimum atomic E-state index is -0.872. The van der Waals surface area contributed by atoms with Gasteiger partial charge in [-0.15, -0.1) is 0 Å². The molecular formula is C23H29NO5. The van der Waals surface area contributed by atoms with Crippen molar-refractivity contribution >= 4 is 5.97 Å². The molecule has 0 spiro atoms. The first-order valence-corrected chi connectivity index (χ1v) is 9.99. The van der Waals surface area contributed by atoms with Crippen molar-refractivity contribution in [3.05, 3.63) is 53.6 Å². The molecule has 1 atom stereocenters. The van der Waals surface area contributed by atoms with Gasteiger partial charge in [0.1, 0.15) is 12.4 Å². The van der Waals surface area contributed by atoms with E-state index in [1.807, 2.05) is 24.3 Å². The summed E-state index contributed by atoms with van der Waals surface area (Å²) in [6, 6.07) is 12.9. The average Bonchev–Trinajstić information content (AvgIpc) is 3.26. The summed E-state index contributed by atoms with van der Waals surface area (Å²) < 4.78 is 16.4. The fraction of sp³-hybridized carbons (Fsp3) is 0.435. The molecule has 6 heteroatoms. The summed E-state index contributed by atoms with van der Waals surface area (Å²) >= 11 is 0. The lowest BCUT2D eigenvalue weighted by Crippen LogP contribution is -2.25. The van der Waals surface area contributed by atoms with E-state index in [2.05, 4.69) is 4.90 Å². The van der Waals surface area contributed by atoms with Crippen molar-refractivity contribution in [2.45, 2.75) is 25.2 Å². The maximum absolute atomic E-state index is 11.9. The molecule has 0 aliphatic carbocycles. The predicted octanol–water partition coefficient (Wildman–Crippen LogP) is 3.59. The highest BCUT2D eigenvalue weighted by Crippen LogP contribution is 2.32. The predicted molar refractivity (Wildman–Crippen MR) is 111 cm³/mol. The Balaban J connectivity index is 1.62. The first kappa shape index (κ1) is 21.0. The van der Waals surface area contributed by atoms with E-state index >= 15 is 0 Å². The smallest absolute Gasteiger partial charge is 0.311 e. The van der Waals surface area contributed by atoms with Gasteiger partial charge in [0.25, 0.3) is 0 Å². The second-order valence-electron chi connectivity index (χ2n) is 7.25. The molecule has 156 valence electrons. The van der Waals surface area contributed by atoms with Gasteiger partial charge in [-0.2, -0.15) is 0 Å². The Labute approximate surface area is 172 Å². The number of aliphatic carboxylic acids is 1. The molecule has 1 heterocycles. The van der Waals surface area contributed by atoms with Crippen LogP contribution in [0.4, 0.5) is 0 Å². The van der Waals surface area contributed by atoms with Crippen molar-refractivity contribution in [2.75, 3.05) is 40.5 Å². The number of carboxylic acid groups (broad SMARTS) is 1. The molecule has 1 fully saturated rings. The lowest BCUT2D eigenvalue weighted by atomic mass is 9.92. The number of ether oxygens (including phenoxy) is 3. The highest BCUT2D eigenvalue weighted by Gasteiger charge is 2.22. The van der Waals surface area contributed by atoms with E-state index in [1.54, 1.807) is 32.4 Å². The second kappa shape index (κ2) is 10.2. The fourth-order valence-electron chi connectivity index (χ4n) is 3.67.